The van der Waals surface area contributed by atoms with Crippen LogP contribution < -0.4 is 0 Å². The minimum Gasteiger partial charge on any atom is -0.392 e. The van der Waals surface area contributed by atoms with Gasteiger partial charge < -0.3 is 14.7 Å². The van der Waals surface area contributed by atoms with Gasteiger partial charge in [0.25, 0.3) is 0 Å². The van der Waals surface area contributed by atoms with Gasteiger partial charge in [-0.3, -0.25) is 9.69 Å². The summed E-state index contributed by atoms with van der Waals surface area (Å²) in [4.78, 5) is 16.2. The number of nitrogens with zero attached hydrogens (tertiary/aromatic N) is 2. The lowest BCUT2D eigenvalue weighted by atomic mass is 10.1. The Morgan fingerprint density at radius 1 is 1.39 bits per heavy atom. The molecule has 1 N–H and O–H groups in total. The van der Waals surface area contributed by atoms with Crippen molar-refractivity contribution in [3.05, 3.63) is 0 Å². The third-order valence-electron chi connectivity index (χ3n) is 3.67. The molecule has 2 aliphatic rings. The first-order valence-corrected chi connectivity index (χ1v) is 6.95. The highest BCUT2D eigenvalue weighted by molar-refractivity contribution is 5.76. The number of carbonyl (C=O) groups is 1. The highest BCUT2D eigenvalue weighted by atomic mass is 16.5. The highest BCUT2D eigenvalue weighted by Gasteiger charge is 2.25. The van der Waals surface area contributed by atoms with Crippen molar-refractivity contribution in [1.29, 1.82) is 0 Å². The van der Waals surface area contributed by atoms with E-state index >= 15 is 0 Å². The van der Waals surface area contributed by atoms with Gasteiger partial charge in [-0.25, -0.2) is 0 Å². The van der Waals surface area contributed by atoms with Crippen LogP contribution in [0.5, 0.6) is 0 Å². The molecule has 5 nitrogen and oxygen atoms in total. The van der Waals surface area contributed by atoms with E-state index in [0.29, 0.717) is 13.0 Å². The maximum atomic E-state index is 12.1. The summed E-state index contributed by atoms with van der Waals surface area (Å²) in [5.41, 5.74) is 0. The number of amides is 1. The Morgan fingerprint density at radius 2 is 2.11 bits per heavy atom. The van der Waals surface area contributed by atoms with Crippen molar-refractivity contribution in [2.45, 2.75) is 38.4 Å². The smallest absolute Gasteiger partial charge is 0.225 e. The molecule has 0 unspecified atom stereocenters. The van der Waals surface area contributed by atoms with Crippen LogP contribution in [0.15, 0.2) is 0 Å². The monoisotopic (exact) mass is 256 g/mol. The first kappa shape index (κ1) is 13.8. The van der Waals surface area contributed by atoms with Gasteiger partial charge in [0.05, 0.1) is 18.6 Å². The average molecular weight is 256 g/mol. The lowest BCUT2D eigenvalue weighted by molar-refractivity contribution is -0.135. The van der Waals surface area contributed by atoms with E-state index in [1.54, 1.807) is 6.92 Å². The van der Waals surface area contributed by atoms with Crippen LogP contribution in [0.3, 0.4) is 0 Å². The molecule has 2 saturated heterocycles. The Balaban J connectivity index is 1.70. The fraction of sp³-hybridized carbons (Fsp3) is 0.923. The van der Waals surface area contributed by atoms with Crippen LogP contribution >= 0.6 is 0 Å². The van der Waals surface area contributed by atoms with E-state index < -0.39 is 0 Å². The first-order chi connectivity index (χ1) is 8.65. The molecule has 5 heteroatoms. The topological polar surface area (TPSA) is 53.0 Å². The standard InChI is InChI=1S/C13H24N2O3/c1-11(16)10-14-4-6-15(7-5-14)13(17)9-12-3-2-8-18-12/h11-12,16H,2-10H2,1H3/t11-,12+/m1/s1. The van der Waals surface area contributed by atoms with E-state index in [2.05, 4.69) is 4.90 Å². The van der Waals surface area contributed by atoms with E-state index in [9.17, 15) is 9.90 Å². The molecular formula is C13H24N2O3. The minimum atomic E-state index is -0.292. The zero-order chi connectivity index (χ0) is 13.0. The van der Waals surface area contributed by atoms with Crippen LogP contribution in [0.2, 0.25) is 0 Å². The van der Waals surface area contributed by atoms with Crippen LogP contribution in [0, 0.1) is 0 Å². The van der Waals surface area contributed by atoms with Gasteiger partial charge in [-0.05, 0) is 19.8 Å². The summed E-state index contributed by atoms with van der Waals surface area (Å²) in [6.45, 7) is 6.59. The van der Waals surface area contributed by atoms with Crippen LogP contribution in [-0.4, -0.2) is 72.4 Å². The molecule has 2 aliphatic heterocycles. The van der Waals surface area contributed by atoms with Gasteiger partial charge in [0.1, 0.15) is 0 Å². The van der Waals surface area contributed by atoms with Crippen molar-refractivity contribution >= 4 is 5.91 Å². The van der Waals surface area contributed by atoms with Crippen molar-refractivity contribution in [1.82, 2.24) is 9.80 Å². The molecule has 0 spiro atoms. The predicted octanol–water partition coefficient (Wildman–Crippen LogP) is 0.0805. The summed E-state index contributed by atoms with van der Waals surface area (Å²) in [6, 6.07) is 0. The molecule has 2 fully saturated rings. The summed E-state index contributed by atoms with van der Waals surface area (Å²) in [5.74, 6) is 0.221. The molecule has 2 heterocycles. The number of hydrogen-bond donors (Lipinski definition) is 1. The Bertz CT molecular complexity index is 269. The fourth-order valence-corrected chi connectivity index (χ4v) is 2.68. The molecule has 0 aromatic heterocycles. The van der Waals surface area contributed by atoms with E-state index in [1.165, 1.54) is 0 Å². The molecule has 0 aromatic carbocycles. The number of piperazine rings is 1. The zero-order valence-corrected chi connectivity index (χ0v) is 11.2. The molecule has 2 rings (SSSR count). The molecule has 0 radical (unpaired) electrons. The maximum absolute atomic E-state index is 12.1. The van der Waals surface area contributed by atoms with Crippen LogP contribution in [0.25, 0.3) is 0 Å². The summed E-state index contributed by atoms with van der Waals surface area (Å²) < 4.78 is 5.50. The number of β-amino-alcohol motifs (C(OH)–C–C–N with tert-alkyl or cyclic N) is 1. The molecule has 18 heavy (non-hydrogen) atoms. The van der Waals surface area contributed by atoms with Crippen molar-refractivity contribution < 1.29 is 14.6 Å². The number of rotatable bonds is 4. The Hall–Kier alpha value is -0.650. The van der Waals surface area contributed by atoms with Crippen LogP contribution in [0.1, 0.15) is 26.2 Å². The maximum Gasteiger partial charge on any atom is 0.225 e. The van der Waals surface area contributed by atoms with Crippen LogP contribution in [0.4, 0.5) is 0 Å². The van der Waals surface area contributed by atoms with E-state index in [-0.39, 0.29) is 18.1 Å². The van der Waals surface area contributed by atoms with Crippen molar-refractivity contribution in [3.8, 4) is 0 Å². The third kappa shape index (κ3) is 3.93. The number of carbonyl (C=O) groups excluding carboxylic acids is 1. The molecule has 0 bridgehead atoms. The number of ether oxygens (including phenoxy) is 1. The van der Waals surface area contributed by atoms with Crippen molar-refractivity contribution in [2.75, 3.05) is 39.3 Å². The van der Waals surface area contributed by atoms with Gasteiger partial charge in [-0.2, -0.15) is 0 Å². The first-order valence-electron chi connectivity index (χ1n) is 6.95. The van der Waals surface area contributed by atoms with E-state index in [4.69, 9.17) is 4.74 Å². The van der Waals surface area contributed by atoms with Gasteiger partial charge in [-0.15, -0.1) is 0 Å². The fourth-order valence-electron chi connectivity index (χ4n) is 2.68. The van der Waals surface area contributed by atoms with Crippen molar-refractivity contribution in [3.63, 3.8) is 0 Å². The zero-order valence-electron chi connectivity index (χ0n) is 11.2. The van der Waals surface area contributed by atoms with E-state index in [1.807, 2.05) is 4.90 Å². The molecule has 0 aliphatic carbocycles. The second-order valence-electron chi connectivity index (χ2n) is 5.37. The normalized spacial score (nSPS) is 27.4. The van der Waals surface area contributed by atoms with Gasteiger partial charge >= 0.3 is 0 Å². The molecule has 0 aromatic rings. The van der Waals surface area contributed by atoms with Gasteiger partial charge in [0, 0.05) is 39.3 Å². The number of aliphatic hydroxyl groups excluding tert-OH is 1. The summed E-state index contributed by atoms with van der Waals surface area (Å²) in [6.07, 6.45) is 2.50. The third-order valence-corrected chi connectivity index (χ3v) is 3.67. The molecule has 104 valence electrons. The predicted molar refractivity (Wildman–Crippen MR) is 68.3 cm³/mol. The second-order valence-corrected chi connectivity index (χ2v) is 5.37. The molecule has 2 atom stereocenters. The van der Waals surface area contributed by atoms with Gasteiger partial charge in [0.2, 0.25) is 5.91 Å². The number of hydrogen-bond acceptors (Lipinski definition) is 4. The largest absolute Gasteiger partial charge is 0.392 e. The van der Waals surface area contributed by atoms with Gasteiger partial charge in [0.15, 0.2) is 0 Å². The SMILES string of the molecule is C[C@@H](O)CN1CCN(C(=O)C[C@@H]2CCCO2)CC1. The number of aliphatic hydroxyl groups is 1. The lowest BCUT2D eigenvalue weighted by Gasteiger charge is -2.35. The highest BCUT2D eigenvalue weighted by Crippen LogP contribution is 2.17. The second kappa shape index (κ2) is 6.50. The quantitative estimate of drug-likeness (QED) is 0.774. The Kier molecular flexibility index (Phi) is 4.97. The molecule has 0 saturated carbocycles. The summed E-state index contributed by atoms with van der Waals surface area (Å²) >= 11 is 0. The summed E-state index contributed by atoms with van der Waals surface area (Å²) in [7, 11) is 0. The molecular weight excluding hydrogens is 232 g/mol. The van der Waals surface area contributed by atoms with E-state index in [0.717, 1.165) is 45.6 Å². The Morgan fingerprint density at radius 3 is 2.67 bits per heavy atom. The van der Waals surface area contributed by atoms with Gasteiger partial charge in [-0.1, -0.05) is 0 Å². The summed E-state index contributed by atoms with van der Waals surface area (Å²) in [5, 5.41) is 9.33. The van der Waals surface area contributed by atoms with Crippen LogP contribution in [-0.2, 0) is 9.53 Å². The van der Waals surface area contributed by atoms with Crippen molar-refractivity contribution in [2.24, 2.45) is 0 Å². The molecule has 1 amide bonds. The Labute approximate surface area is 109 Å². The minimum absolute atomic E-state index is 0.146. The lowest BCUT2D eigenvalue weighted by Crippen LogP contribution is -2.50. The average Bonchev–Trinajstić information content (AvgIpc) is 2.82.